The number of alkyl carbamates (subject to hydrolysis) is 1. The predicted molar refractivity (Wildman–Crippen MR) is 86.0 cm³/mol. The van der Waals surface area contributed by atoms with Crippen molar-refractivity contribution >= 4 is 12.2 Å². The van der Waals surface area contributed by atoms with Gasteiger partial charge in [-0.3, -0.25) is 4.98 Å². The average Bonchev–Trinajstić information content (AvgIpc) is 3.05. The van der Waals surface area contributed by atoms with Gasteiger partial charge in [0.2, 0.25) is 5.92 Å². The first-order chi connectivity index (χ1) is 11.9. The van der Waals surface area contributed by atoms with Gasteiger partial charge in [0.05, 0.1) is 18.4 Å². The number of amides is 1. The maximum atomic E-state index is 13.8. The quantitative estimate of drug-likeness (QED) is 0.858. The van der Waals surface area contributed by atoms with Crippen LogP contribution in [0.1, 0.15) is 31.4 Å². The summed E-state index contributed by atoms with van der Waals surface area (Å²) < 4.78 is 33.3. The lowest BCUT2D eigenvalue weighted by atomic mass is 9.75. The lowest BCUT2D eigenvalue weighted by molar-refractivity contribution is -0.0659. The highest BCUT2D eigenvalue weighted by molar-refractivity contribution is 5.70. The fourth-order valence-electron chi connectivity index (χ4n) is 4.71. The highest BCUT2D eigenvalue weighted by Gasteiger charge is 2.60. The fraction of sp³-hybridized carbons (Fsp3) is 0.556. The van der Waals surface area contributed by atoms with E-state index in [-0.39, 0.29) is 36.3 Å². The average molecular weight is 350 g/mol. The number of halogens is 2. The van der Waals surface area contributed by atoms with Crippen LogP contribution in [0.3, 0.4) is 0 Å². The van der Waals surface area contributed by atoms with Gasteiger partial charge in [-0.25, -0.2) is 13.6 Å². The zero-order chi connectivity index (χ0) is 17.7. The van der Waals surface area contributed by atoms with E-state index in [2.05, 4.69) is 10.3 Å². The Balaban J connectivity index is 1.62. The molecule has 1 spiro atoms. The minimum atomic E-state index is -2.63. The summed E-state index contributed by atoms with van der Waals surface area (Å²) in [5.41, 5.74) is -0.0879. The summed E-state index contributed by atoms with van der Waals surface area (Å²) in [7, 11) is 0. The number of pyridine rings is 1. The van der Waals surface area contributed by atoms with Crippen molar-refractivity contribution in [3.05, 3.63) is 30.1 Å². The molecule has 0 radical (unpaired) electrons. The molecule has 1 aliphatic heterocycles. The van der Waals surface area contributed by atoms with Crippen LogP contribution in [0.15, 0.2) is 24.4 Å². The number of hydrogen-bond acceptors (Lipinski definition) is 4. The number of carbonyl (C=O) groups excluding carboxylic acids is 1. The van der Waals surface area contributed by atoms with Gasteiger partial charge in [0.25, 0.3) is 0 Å². The number of nitrogens with zero attached hydrogens (tertiary/aromatic N) is 1. The molecule has 2 saturated carbocycles. The van der Waals surface area contributed by atoms with Crippen molar-refractivity contribution in [1.29, 1.82) is 0 Å². The van der Waals surface area contributed by atoms with Crippen molar-refractivity contribution in [2.24, 2.45) is 17.8 Å². The van der Waals surface area contributed by atoms with E-state index in [1.54, 1.807) is 6.07 Å². The second-order valence-electron chi connectivity index (χ2n) is 7.36. The van der Waals surface area contributed by atoms with Gasteiger partial charge in [0.15, 0.2) is 0 Å². The molecule has 0 aromatic carbocycles. The van der Waals surface area contributed by atoms with E-state index in [1.165, 1.54) is 12.3 Å². The Morgan fingerprint density at radius 1 is 1.36 bits per heavy atom. The molecule has 2 N–H and O–H groups in total. The fourth-order valence-corrected chi connectivity index (χ4v) is 4.71. The molecule has 2 aliphatic carbocycles. The second kappa shape index (κ2) is 5.68. The number of ether oxygens (including phenoxy) is 1. The molecule has 2 heterocycles. The summed E-state index contributed by atoms with van der Waals surface area (Å²) >= 11 is 0. The summed E-state index contributed by atoms with van der Waals surface area (Å²) in [6.45, 7) is 0.350. The SMILES string of the molecule is O=C1NCC2(C[C@@H]3CC(F)(F)CC[C@H]3[C@@H]2C=Cc2ccc(O)cn2)O1. The van der Waals surface area contributed by atoms with E-state index in [9.17, 15) is 18.7 Å². The molecule has 1 aromatic rings. The van der Waals surface area contributed by atoms with Gasteiger partial charge in [0.1, 0.15) is 11.4 Å². The van der Waals surface area contributed by atoms with Gasteiger partial charge in [-0.2, -0.15) is 0 Å². The largest absolute Gasteiger partial charge is 0.506 e. The Morgan fingerprint density at radius 2 is 2.20 bits per heavy atom. The smallest absolute Gasteiger partial charge is 0.407 e. The first-order valence-electron chi connectivity index (χ1n) is 8.55. The second-order valence-corrected chi connectivity index (χ2v) is 7.36. The van der Waals surface area contributed by atoms with Crippen molar-refractivity contribution in [1.82, 2.24) is 10.3 Å². The summed E-state index contributed by atoms with van der Waals surface area (Å²) in [6, 6.07) is 3.22. The summed E-state index contributed by atoms with van der Waals surface area (Å²) in [5, 5.41) is 12.0. The van der Waals surface area contributed by atoms with Crippen molar-refractivity contribution in [2.45, 2.75) is 37.2 Å². The van der Waals surface area contributed by atoms with E-state index in [0.717, 1.165) is 0 Å². The molecule has 4 atom stereocenters. The molecule has 4 rings (SSSR count). The first-order valence-corrected chi connectivity index (χ1v) is 8.55. The van der Waals surface area contributed by atoms with Crippen molar-refractivity contribution in [3.63, 3.8) is 0 Å². The Kier molecular flexibility index (Phi) is 3.70. The Bertz CT molecular complexity index is 707. The third-order valence-corrected chi connectivity index (χ3v) is 5.76. The lowest BCUT2D eigenvalue weighted by Gasteiger charge is -2.33. The number of aromatic nitrogens is 1. The van der Waals surface area contributed by atoms with Crippen LogP contribution in [0.2, 0.25) is 0 Å². The minimum absolute atomic E-state index is 0.0701. The summed E-state index contributed by atoms with van der Waals surface area (Å²) in [6.07, 6.45) is 5.25. The predicted octanol–water partition coefficient (Wildman–Crippen LogP) is 3.35. The summed E-state index contributed by atoms with van der Waals surface area (Å²) in [4.78, 5) is 15.8. The highest BCUT2D eigenvalue weighted by Crippen LogP contribution is 2.56. The maximum Gasteiger partial charge on any atom is 0.407 e. The standard InChI is InChI=1S/C18H20F2N2O3/c19-18(20)6-5-14-11(8-18)7-17(10-22-16(24)25-17)15(14)4-2-12-1-3-13(23)9-21-12/h1-4,9,11,14-15,23H,5-8,10H2,(H,22,24)/t11-,14-,15+,17?/m1/s1. The molecule has 25 heavy (non-hydrogen) atoms. The van der Waals surface area contributed by atoms with E-state index in [4.69, 9.17) is 4.74 Å². The zero-order valence-corrected chi connectivity index (χ0v) is 13.6. The van der Waals surface area contributed by atoms with Gasteiger partial charge in [-0.1, -0.05) is 6.08 Å². The Morgan fingerprint density at radius 3 is 2.88 bits per heavy atom. The molecule has 1 saturated heterocycles. The minimum Gasteiger partial charge on any atom is -0.506 e. The molecule has 7 heteroatoms. The van der Waals surface area contributed by atoms with Crippen LogP contribution >= 0.6 is 0 Å². The van der Waals surface area contributed by atoms with Crippen LogP contribution in [0.5, 0.6) is 5.75 Å². The van der Waals surface area contributed by atoms with E-state index in [1.807, 2.05) is 12.2 Å². The van der Waals surface area contributed by atoms with Crippen LogP contribution in [0.4, 0.5) is 13.6 Å². The van der Waals surface area contributed by atoms with E-state index >= 15 is 0 Å². The number of alkyl halides is 2. The van der Waals surface area contributed by atoms with Gasteiger partial charge in [0, 0.05) is 18.8 Å². The topological polar surface area (TPSA) is 71.5 Å². The first kappa shape index (κ1) is 16.3. The molecule has 3 aliphatic rings. The monoisotopic (exact) mass is 350 g/mol. The third-order valence-electron chi connectivity index (χ3n) is 5.76. The number of nitrogens with one attached hydrogen (secondary N) is 1. The van der Waals surface area contributed by atoms with Crippen LogP contribution in [-0.4, -0.2) is 34.3 Å². The number of fused-ring (bicyclic) bond motifs is 1. The molecule has 1 unspecified atom stereocenters. The van der Waals surface area contributed by atoms with Crippen molar-refractivity contribution < 1.29 is 23.4 Å². The zero-order valence-electron chi connectivity index (χ0n) is 13.6. The van der Waals surface area contributed by atoms with Gasteiger partial charge >= 0.3 is 6.09 Å². The van der Waals surface area contributed by atoms with Crippen molar-refractivity contribution in [3.8, 4) is 5.75 Å². The van der Waals surface area contributed by atoms with Crippen LogP contribution < -0.4 is 5.32 Å². The maximum absolute atomic E-state index is 13.8. The van der Waals surface area contributed by atoms with Gasteiger partial charge in [-0.15, -0.1) is 0 Å². The molecular weight excluding hydrogens is 330 g/mol. The number of aromatic hydroxyl groups is 1. The van der Waals surface area contributed by atoms with Gasteiger partial charge < -0.3 is 15.2 Å². The lowest BCUT2D eigenvalue weighted by Crippen LogP contribution is -2.38. The molecule has 1 aromatic heterocycles. The molecule has 1 amide bonds. The number of hydrogen-bond donors (Lipinski definition) is 2. The van der Waals surface area contributed by atoms with Crippen LogP contribution in [0.25, 0.3) is 6.08 Å². The molecule has 3 fully saturated rings. The van der Waals surface area contributed by atoms with Gasteiger partial charge in [-0.05, 0) is 42.9 Å². The molecule has 0 bridgehead atoms. The molecule has 5 nitrogen and oxygen atoms in total. The molecule has 134 valence electrons. The van der Waals surface area contributed by atoms with Crippen LogP contribution in [-0.2, 0) is 4.74 Å². The van der Waals surface area contributed by atoms with Crippen LogP contribution in [0, 0.1) is 17.8 Å². The Hall–Kier alpha value is -2.18. The van der Waals surface area contributed by atoms with E-state index in [0.29, 0.717) is 25.1 Å². The Labute approximate surface area is 144 Å². The van der Waals surface area contributed by atoms with E-state index < -0.39 is 17.6 Å². The third kappa shape index (κ3) is 2.96. The number of rotatable bonds is 2. The molecular formula is C18H20F2N2O3. The normalized spacial score (nSPS) is 36.4. The number of carbonyl (C=O) groups is 1. The highest BCUT2D eigenvalue weighted by atomic mass is 19.3. The summed E-state index contributed by atoms with van der Waals surface area (Å²) in [5.74, 6) is -2.75. The van der Waals surface area contributed by atoms with Crippen molar-refractivity contribution in [2.75, 3.05) is 6.54 Å².